The lowest BCUT2D eigenvalue weighted by atomic mass is 10.3. The molecular weight excluding hydrogens is 392 g/mol. The van der Waals surface area contributed by atoms with E-state index in [2.05, 4.69) is 4.98 Å². The molecule has 2 heterocycles. The van der Waals surface area contributed by atoms with Gasteiger partial charge in [-0.1, -0.05) is 0 Å². The van der Waals surface area contributed by atoms with Crippen LogP contribution in [0.3, 0.4) is 0 Å². The van der Waals surface area contributed by atoms with E-state index in [0.29, 0.717) is 16.5 Å². The summed E-state index contributed by atoms with van der Waals surface area (Å²) in [5.74, 6) is -0.138. The topological polar surface area (TPSA) is 62.7 Å². The number of carboxylic acid groups (broad SMARTS) is 1. The summed E-state index contributed by atoms with van der Waals surface area (Å²) in [5, 5.41) is 8.80. The van der Waals surface area contributed by atoms with Gasteiger partial charge < -0.3 is 14.7 Å². The number of carbonyl (C=O) groups is 1. The molecule has 1 fully saturated rings. The standard InChI is InChI=1S/C11H10F3IN2O3/c12-11(13,14)8-3-6(15)4-9(16-8)20-7-1-2-17(5-7)10(18)19/h3-4,7H,1-2,5H2,(H,18,19). The van der Waals surface area contributed by atoms with Crippen LogP contribution in [-0.4, -0.2) is 40.3 Å². The van der Waals surface area contributed by atoms with Crippen LogP contribution in [0, 0.1) is 3.57 Å². The quantitative estimate of drug-likeness (QED) is 0.774. The first-order valence-electron chi connectivity index (χ1n) is 5.65. The molecule has 1 atom stereocenters. The molecule has 0 radical (unpaired) electrons. The predicted molar refractivity (Wildman–Crippen MR) is 70.6 cm³/mol. The number of alkyl halides is 3. The third kappa shape index (κ3) is 3.64. The largest absolute Gasteiger partial charge is 0.472 e. The molecule has 9 heteroatoms. The summed E-state index contributed by atoms with van der Waals surface area (Å²) >= 11 is 1.75. The molecule has 1 N–H and O–H groups in total. The van der Waals surface area contributed by atoms with Crippen molar-refractivity contribution in [3.63, 3.8) is 0 Å². The first kappa shape index (κ1) is 15.1. The van der Waals surface area contributed by atoms with Gasteiger partial charge in [-0.3, -0.25) is 0 Å². The number of aromatic nitrogens is 1. The molecule has 1 aliphatic rings. The van der Waals surface area contributed by atoms with Crippen LogP contribution < -0.4 is 4.74 Å². The predicted octanol–water partition coefficient (Wildman–Crippen LogP) is 2.84. The van der Waals surface area contributed by atoms with Gasteiger partial charge >= 0.3 is 12.3 Å². The monoisotopic (exact) mass is 402 g/mol. The summed E-state index contributed by atoms with van der Waals surface area (Å²) < 4.78 is 43.6. The maximum atomic E-state index is 12.6. The van der Waals surface area contributed by atoms with Crippen molar-refractivity contribution in [3.05, 3.63) is 21.4 Å². The van der Waals surface area contributed by atoms with Crippen LogP contribution in [0.4, 0.5) is 18.0 Å². The molecule has 0 aliphatic carbocycles. The number of ether oxygens (including phenoxy) is 1. The fourth-order valence-corrected chi connectivity index (χ4v) is 2.41. The van der Waals surface area contributed by atoms with Crippen molar-refractivity contribution >= 4 is 28.7 Å². The zero-order valence-electron chi connectivity index (χ0n) is 10.0. The van der Waals surface area contributed by atoms with Crippen molar-refractivity contribution in [2.24, 2.45) is 0 Å². The first-order valence-corrected chi connectivity index (χ1v) is 6.73. The van der Waals surface area contributed by atoms with Crippen molar-refractivity contribution < 1.29 is 27.8 Å². The highest BCUT2D eigenvalue weighted by molar-refractivity contribution is 14.1. The number of halogens is 4. The molecule has 5 nitrogen and oxygen atoms in total. The number of hydrogen-bond acceptors (Lipinski definition) is 3. The van der Waals surface area contributed by atoms with Crippen LogP contribution in [0.2, 0.25) is 0 Å². The van der Waals surface area contributed by atoms with Crippen LogP contribution in [-0.2, 0) is 6.18 Å². The van der Waals surface area contributed by atoms with E-state index in [1.54, 1.807) is 22.6 Å². The molecule has 1 aromatic rings. The Labute approximate surface area is 125 Å². The smallest absolute Gasteiger partial charge is 0.433 e. The summed E-state index contributed by atoms with van der Waals surface area (Å²) in [6.45, 7) is 0.430. The van der Waals surface area contributed by atoms with Crippen molar-refractivity contribution in [1.29, 1.82) is 0 Å². The van der Waals surface area contributed by atoms with E-state index < -0.39 is 24.1 Å². The number of rotatable bonds is 2. The number of amides is 1. The highest BCUT2D eigenvalue weighted by Crippen LogP contribution is 2.31. The minimum Gasteiger partial charge on any atom is -0.472 e. The van der Waals surface area contributed by atoms with E-state index >= 15 is 0 Å². The van der Waals surface area contributed by atoms with Crippen molar-refractivity contribution in [1.82, 2.24) is 9.88 Å². The Kier molecular flexibility index (Phi) is 4.25. The number of likely N-dealkylation sites (tertiary alicyclic amines) is 1. The molecule has 1 amide bonds. The Bertz CT molecular complexity index is 524. The second-order valence-electron chi connectivity index (χ2n) is 4.26. The Morgan fingerprint density at radius 3 is 2.75 bits per heavy atom. The van der Waals surface area contributed by atoms with Gasteiger partial charge in [0.1, 0.15) is 11.8 Å². The lowest BCUT2D eigenvalue weighted by Gasteiger charge is -2.15. The zero-order valence-corrected chi connectivity index (χ0v) is 12.2. The fourth-order valence-electron chi connectivity index (χ4n) is 1.85. The second kappa shape index (κ2) is 5.62. The fraction of sp³-hybridized carbons (Fsp3) is 0.455. The minimum atomic E-state index is -4.54. The SMILES string of the molecule is O=C(O)N1CCC(Oc2cc(I)cc(C(F)(F)F)n2)C1. The van der Waals surface area contributed by atoms with Crippen molar-refractivity contribution in [3.8, 4) is 5.88 Å². The van der Waals surface area contributed by atoms with Crippen LogP contribution >= 0.6 is 22.6 Å². The lowest BCUT2D eigenvalue weighted by Crippen LogP contribution is -2.29. The van der Waals surface area contributed by atoms with E-state index in [0.717, 1.165) is 11.0 Å². The molecule has 1 saturated heterocycles. The Morgan fingerprint density at radius 2 is 2.20 bits per heavy atom. The maximum Gasteiger partial charge on any atom is 0.433 e. The Balaban J connectivity index is 2.11. The highest BCUT2D eigenvalue weighted by atomic mass is 127. The van der Waals surface area contributed by atoms with Gasteiger partial charge in [-0.25, -0.2) is 9.78 Å². The molecule has 0 spiro atoms. The molecule has 0 saturated carbocycles. The average molecular weight is 402 g/mol. The number of hydrogen-bond donors (Lipinski definition) is 1. The van der Waals surface area contributed by atoms with E-state index in [1.165, 1.54) is 6.07 Å². The Hall–Kier alpha value is -1.26. The van der Waals surface area contributed by atoms with E-state index in [9.17, 15) is 18.0 Å². The molecule has 1 aromatic heterocycles. The highest BCUT2D eigenvalue weighted by Gasteiger charge is 2.34. The summed E-state index contributed by atoms with van der Waals surface area (Å²) in [6, 6.07) is 2.31. The van der Waals surface area contributed by atoms with Crippen LogP contribution in [0.5, 0.6) is 5.88 Å². The van der Waals surface area contributed by atoms with E-state index in [-0.39, 0.29) is 12.4 Å². The maximum absolute atomic E-state index is 12.6. The lowest BCUT2D eigenvalue weighted by molar-refractivity contribution is -0.141. The van der Waals surface area contributed by atoms with Crippen LogP contribution in [0.25, 0.3) is 0 Å². The molecule has 110 valence electrons. The molecule has 1 aliphatic heterocycles. The first-order chi connectivity index (χ1) is 9.25. The number of pyridine rings is 1. The minimum absolute atomic E-state index is 0.129. The molecule has 0 aromatic carbocycles. The van der Waals surface area contributed by atoms with E-state index in [4.69, 9.17) is 9.84 Å². The molecule has 1 unspecified atom stereocenters. The number of nitrogens with zero attached hydrogens (tertiary/aromatic N) is 2. The van der Waals surface area contributed by atoms with Crippen LogP contribution in [0.1, 0.15) is 12.1 Å². The average Bonchev–Trinajstić information content (AvgIpc) is 2.75. The third-order valence-corrected chi connectivity index (χ3v) is 3.38. The normalized spacial score (nSPS) is 19.2. The van der Waals surface area contributed by atoms with Gasteiger partial charge in [0.2, 0.25) is 5.88 Å². The summed E-state index contributed by atoms with van der Waals surface area (Å²) in [4.78, 5) is 15.3. The summed E-state index contributed by atoms with van der Waals surface area (Å²) in [7, 11) is 0. The molecule has 0 bridgehead atoms. The summed E-state index contributed by atoms with van der Waals surface area (Å²) in [6.07, 6.45) is -5.65. The zero-order chi connectivity index (χ0) is 14.9. The van der Waals surface area contributed by atoms with Crippen LogP contribution in [0.15, 0.2) is 12.1 Å². The van der Waals surface area contributed by atoms with Gasteiger partial charge in [0, 0.05) is 22.6 Å². The van der Waals surface area contributed by atoms with Gasteiger partial charge in [-0.2, -0.15) is 13.2 Å². The van der Waals surface area contributed by atoms with Gasteiger partial charge in [0.05, 0.1) is 6.54 Å². The summed E-state index contributed by atoms with van der Waals surface area (Å²) in [5.41, 5.74) is -1.02. The van der Waals surface area contributed by atoms with Crippen molar-refractivity contribution in [2.45, 2.75) is 18.7 Å². The van der Waals surface area contributed by atoms with Gasteiger partial charge in [0.15, 0.2) is 0 Å². The van der Waals surface area contributed by atoms with E-state index in [1.807, 2.05) is 0 Å². The molecule has 2 rings (SSSR count). The molecular formula is C11H10F3IN2O3. The van der Waals surface area contributed by atoms with Gasteiger partial charge in [0.25, 0.3) is 0 Å². The van der Waals surface area contributed by atoms with Gasteiger partial charge in [-0.15, -0.1) is 0 Å². The van der Waals surface area contributed by atoms with Crippen molar-refractivity contribution in [2.75, 3.05) is 13.1 Å². The third-order valence-electron chi connectivity index (χ3n) is 2.76. The Morgan fingerprint density at radius 1 is 1.50 bits per heavy atom. The van der Waals surface area contributed by atoms with Gasteiger partial charge in [-0.05, 0) is 28.7 Å². The second-order valence-corrected chi connectivity index (χ2v) is 5.51. The molecule has 20 heavy (non-hydrogen) atoms.